The molecule has 1 amide bonds. The third-order valence-electron chi connectivity index (χ3n) is 6.18. The van der Waals surface area contributed by atoms with E-state index in [1.54, 1.807) is 11.3 Å². The summed E-state index contributed by atoms with van der Waals surface area (Å²) in [5.74, 6) is 0.911. The first-order valence-corrected chi connectivity index (χ1v) is 10.9. The standard InChI is InChI=1S/C20H30N2O3S/c23-19-13-20(4-7-21(8-5-20)14-18-3-12-26-16-18)25-11-9-22(19)6-1-17-2-10-24-15-17/h3,12,16-17H,1-2,4-11,13-15H2. The van der Waals surface area contributed by atoms with Crippen molar-refractivity contribution in [3.05, 3.63) is 22.4 Å². The molecule has 1 unspecified atom stereocenters. The van der Waals surface area contributed by atoms with E-state index in [1.165, 1.54) is 5.56 Å². The first-order chi connectivity index (χ1) is 12.7. The Kier molecular flexibility index (Phi) is 5.93. The molecule has 26 heavy (non-hydrogen) atoms. The highest BCUT2D eigenvalue weighted by atomic mass is 32.1. The van der Waals surface area contributed by atoms with Crippen molar-refractivity contribution >= 4 is 17.2 Å². The molecule has 0 aliphatic carbocycles. The van der Waals surface area contributed by atoms with Gasteiger partial charge in [-0.15, -0.1) is 0 Å². The van der Waals surface area contributed by atoms with Gasteiger partial charge in [-0.25, -0.2) is 0 Å². The minimum Gasteiger partial charge on any atom is -0.381 e. The highest BCUT2D eigenvalue weighted by Crippen LogP contribution is 2.33. The molecule has 5 nitrogen and oxygen atoms in total. The Hall–Kier alpha value is -0.950. The van der Waals surface area contributed by atoms with E-state index >= 15 is 0 Å². The zero-order chi connectivity index (χ0) is 17.8. The molecule has 1 aromatic rings. The van der Waals surface area contributed by atoms with Gasteiger partial charge in [0, 0.05) is 45.9 Å². The van der Waals surface area contributed by atoms with Crippen LogP contribution in [0, 0.1) is 5.92 Å². The van der Waals surface area contributed by atoms with Crippen LogP contribution < -0.4 is 0 Å². The number of nitrogens with zero attached hydrogens (tertiary/aromatic N) is 2. The van der Waals surface area contributed by atoms with Gasteiger partial charge in [0.25, 0.3) is 0 Å². The Morgan fingerprint density at radius 2 is 2.12 bits per heavy atom. The lowest BCUT2D eigenvalue weighted by Crippen LogP contribution is -2.47. The van der Waals surface area contributed by atoms with Gasteiger partial charge in [-0.3, -0.25) is 9.69 Å². The summed E-state index contributed by atoms with van der Waals surface area (Å²) in [4.78, 5) is 17.4. The van der Waals surface area contributed by atoms with Gasteiger partial charge in [0.15, 0.2) is 0 Å². The van der Waals surface area contributed by atoms with Crippen LogP contribution in [0.2, 0.25) is 0 Å². The first-order valence-electron chi connectivity index (χ1n) is 9.95. The van der Waals surface area contributed by atoms with Crippen molar-refractivity contribution in [2.24, 2.45) is 5.92 Å². The molecule has 4 heterocycles. The third kappa shape index (κ3) is 4.47. The number of thiophene rings is 1. The normalized spacial score (nSPS) is 27.2. The van der Waals surface area contributed by atoms with E-state index in [2.05, 4.69) is 21.7 Å². The molecule has 3 aliphatic heterocycles. The molecule has 4 rings (SSSR count). The van der Waals surface area contributed by atoms with Gasteiger partial charge in [-0.1, -0.05) is 0 Å². The van der Waals surface area contributed by atoms with Crippen LogP contribution in [0.3, 0.4) is 0 Å². The van der Waals surface area contributed by atoms with E-state index in [1.807, 2.05) is 4.90 Å². The predicted molar refractivity (Wildman–Crippen MR) is 102 cm³/mol. The molecule has 1 spiro atoms. The van der Waals surface area contributed by atoms with E-state index < -0.39 is 0 Å². The molecule has 0 N–H and O–H groups in total. The molecule has 6 heteroatoms. The van der Waals surface area contributed by atoms with Crippen molar-refractivity contribution in [1.82, 2.24) is 9.80 Å². The minimum absolute atomic E-state index is 0.229. The fraction of sp³-hybridized carbons (Fsp3) is 0.750. The SMILES string of the molecule is O=C1CC2(CCN(Cc3ccsc3)CC2)OCCN1CCC1CCOC1. The molecule has 0 radical (unpaired) electrons. The summed E-state index contributed by atoms with van der Waals surface area (Å²) in [6.07, 6.45) is 4.69. The van der Waals surface area contributed by atoms with Crippen molar-refractivity contribution in [3.8, 4) is 0 Å². The zero-order valence-electron chi connectivity index (χ0n) is 15.5. The quantitative estimate of drug-likeness (QED) is 0.790. The number of rotatable bonds is 5. The van der Waals surface area contributed by atoms with E-state index in [9.17, 15) is 4.79 Å². The van der Waals surface area contributed by atoms with Crippen LogP contribution in [0.25, 0.3) is 0 Å². The summed E-state index contributed by atoms with van der Waals surface area (Å²) in [6, 6.07) is 2.20. The smallest absolute Gasteiger partial charge is 0.225 e. The fourth-order valence-corrected chi connectivity index (χ4v) is 5.06. The van der Waals surface area contributed by atoms with Gasteiger partial charge < -0.3 is 14.4 Å². The molecule has 0 bridgehead atoms. The van der Waals surface area contributed by atoms with Gasteiger partial charge >= 0.3 is 0 Å². The van der Waals surface area contributed by atoms with E-state index in [0.717, 1.165) is 71.6 Å². The Bertz CT molecular complexity index is 578. The van der Waals surface area contributed by atoms with Crippen molar-refractivity contribution in [2.75, 3.05) is 46.0 Å². The maximum Gasteiger partial charge on any atom is 0.225 e. The lowest BCUT2D eigenvalue weighted by molar-refractivity contribution is -0.135. The Morgan fingerprint density at radius 1 is 1.23 bits per heavy atom. The van der Waals surface area contributed by atoms with Crippen molar-refractivity contribution in [3.63, 3.8) is 0 Å². The Labute approximate surface area is 160 Å². The topological polar surface area (TPSA) is 42.0 Å². The van der Waals surface area contributed by atoms with Gasteiger partial charge in [-0.2, -0.15) is 11.3 Å². The second-order valence-corrected chi connectivity index (χ2v) is 8.80. The number of hydrogen-bond donors (Lipinski definition) is 0. The van der Waals surface area contributed by atoms with Crippen LogP contribution in [-0.2, 0) is 20.8 Å². The molecule has 3 fully saturated rings. The average Bonchev–Trinajstić information content (AvgIpc) is 3.31. The molecule has 0 saturated carbocycles. The second-order valence-electron chi connectivity index (χ2n) is 8.02. The maximum absolute atomic E-state index is 12.8. The summed E-state index contributed by atoms with van der Waals surface area (Å²) in [7, 11) is 0. The minimum atomic E-state index is -0.229. The summed E-state index contributed by atoms with van der Waals surface area (Å²) < 4.78 is 11.7. The summed E-state index contributed by atoms with van der Waals surface area (Å²) >= 11 is 1.76. The second kappa shape index (κ2) is 8.38. The summed E-state index contributed by atoms with van der Waals surface area (Å²) in [5, 5.41) is 4.36. The number of piperidine rings is 1. The van der Waals surface area contributed by atoms with Crippen molar-refractivity contribution < 1.29 is 14.3 Å². The highest BCUT2D eigenvalue weighted by Gasteiger charge is 2.40. The fourth-order valence-electron chi connectivity index (χ4n) is 4.40. The van der Waals surface area contributed by atoms with Gasteiger partial charge in [0.05, 0.1) is 18.6 Å². The highest BCUT2D eigenvalue weighted by molar-refractivity contribution is 7.07. The number of carbonyl (C=O) groups is 1. The molecule has 1 atom stereocenters. The Balaban J connectivity index is 1.27. The summed E-state index contributed by atoms with van der Waals surface area (Å²) in [5.41, 5.74) is 1.17. The predicted octanol–water partition coefficient (Wildman–Crippen LogP) is 2.76. The number of likely N-dealkylation sites (tertiary alicyclic amines) is 1. The van der Waals surface area contributed by atoms with E-state index in [4.69, 9.17) is 9.47 Å². The molecular formula is C20H30N2O3S. The first kappa shape index (κ1) is 18.4. The maximum atomic E-state index is 12.8. The zero-order valence-corrected chi connectivity index (χ0v) is 16.3. The lowest BCUT2D eigenvalue weighted by Gasteiger charge is -2.40. The van der Waals surface area contributed by atoms with Crippen LogP contribution in [0.15, 0.2) is 16.8 Å². The van der Waals surface area contributed by atoms with Crippen LogP contribution in [0.1, 0.15) is 37.7 Å². The number of hydrogen-bond acceptors (Lipinski definition) is 5. The molecule has 3 aliphatic rings. The molecule has 1 aromatic heterocycles. The average molecular weight is 379 g/mol. The number of amides is 1. The molecular weight excluding hydrogens is 348 g/mol. The lowest BCUT2D eigenvalue weighted by atomic mass is 9.87. The van der Waals surface area contributed by atoms with Gasteiger partial charge in [0.1, 0.15) is 0 Å². The van der Waals surface area contributed by atoms with E-state index in [0.29, 0.717) is 18.9 Å². The monoisotopic (exact) mass is 378 g/mol. The molecule has 144 valence electrons. The number of ether oxygens (including phenoxy) is 2. The largest absolute Gasteiger partial charge is 0.381 e. The van der Waals surface area contributed by atoms with Crippen molar-refractivity contribution in [2.45, 2.75) is 44.2 Å². The van der Waals surface area contributed by atoms with E-state index in [-0.39, 0.29) is 11.5 Å². The Morgan fingerprint density at radius 3 is 2.85 bits per heavy atom. The molecule has 0 aromatic carbocycles. The van der Waals surface area contributed by atoms with Crippen molar-refractivity contribution in [1.29, 1.82) is 0 Å². The van der Waals surface area contributed by atoms with Gasteiger partial charge in [0.2, 0.25) is 5.91 Å². The third-order valence-corrected chi connectivity index (χ3v) is 6.91. The van der Waals surface area contributed by atoms with Crippen LogP contribution >= 0.6 is 11.3 Å². The number of carbonyl (C=O) groups excluding carboxylic acids is 1. The van der Waals surface area contributed by atoms with Crippen LogP contribution in [-0.4, -0.2) is 67.3 Å². The summed E-state index contributed by atoms with van der Waals surface area (Å²) in [6.45, 7) is 7.07. The molecule has 3 saturated heterocycles. The van der Waals surface area contributed by atoms with Crippen LogP contribution in [0.5, 0.6) is 0 Å². The van der Waals surface area contributed by atoms with Crippen LogP contribution in [0.4, 0.5) is 0 Å². The van der Waals surface area contributed by atoms with Gasteiger partial charge in [-0.05, 0) is 54.0 Å².